The van der Waals surface area contributed by atoms with Crippen molar-refractivity contribution in [3.8, 4) is 0 Å². The molecule has 0 aliphatic heterocycles. The van der Waals surface area contributed by atoms with Crippen LogP contribution in [0.1, 0.15) is 32.8 Å². The van der Waals surface area contributed by atoms with Crippen LogP contribution >= 0.6 is 0 Å². The van der Waals surface area contributed by atoms with Crippen LogP contribution in [0.3, 0.4) is 0 Å². The molecular formula is C17H22FN3O6. The fraction of sp³-hybridized carbons (Fsp3) is 0.471. The molecule has 0 spiro atoms. The number of hydrogen-bond acceptors (Lipinski definition) is 5. The minimum atomic E-state index is -1.40. The number of benzene rings is 1. The van der Waals surface area contributed by atoms with E-state index < -0.39 is 46.3 Å². The molecule has 0 unspecified atom stereocenters. The zero-order valence-electron chi connectivity index (χ0n) is 15.2. The SMILES string of the molecule is CC(=O)N[C@@H](CC(C)C)C(=O)N[C@H](Cc1ccc(F)c([N+](=O)[O-])c1)C(=O)O. The Balaban J connectivity index is 2.97. The van der Waals surface area contributed by atoms with Crippen LogP contribution in [0.5, 0.6) is 0 Å². The van der Waals surface area contributed by atoms with E-state index in [2.05, 4.69) is 10.6 Å². The van der Waals surface area contributed by atoms with E-state index in [0.29, 0.717) is 6.42 Å². The number of carboxylic acid groups (broad SMARTS) is 1. The molecule has 0 saturated heterocycles. The third-order valence-corrected chi connectivity index (χ3v) is 3.66. The maximum Gasteiger partial charge on any atom is 0.326 e. The normalized spacial score (nSPS) is 12.9. The topological polar surface area (TPSA) is 139 Å². The number of rotatable bonds is 9. The number of carboxylic acids is 1. The predicted octanol–water partition coefficient (Wildman–Crippen LogP) is 1.40. The molecule has 2 amide bonds. The first-order valence-electron chi connectivity index (χ1n) is 8.24. The van der Waals surface area contributed by atoms with Crippen LogP contribution < -0.4 is 10.6 Å². The van der Waals surface area contributed by atoms with Gasteiger partial charge < -0.3 is 15.7 Å². The highest BCUT2D eigenvalue weighted by atomic mass is 19.1. The molecule has 10 heteroatoms. The largest absolute Gasteiger partial charge is 0.480 e. The third-order valence-electron chi connectivity index (χ3n) is 3.66. The lowest BCUT2D eigenvalue weighted by Crippen LogP contribution is -2.52. The maximum absolute atomic E-state index is 13.4. The van der Waals surface area contributed by atoms with Crippen molar-refractivity contribution < 1.29 is 28.8 Å². The van der Waals surface area contributed by atoms with Crippen LogP contribution in [0.25, 0.3) is 0 Å². The summed E-state index contributed by atoms with van der Waals surface area (Å²) >= 11 is 0. The summed E-state index contributed by atoms with van der Waals surface area (Å²) < 4.78 is 13.4. The van der Waals surface area contributed by atoms with Gasteiger partial charge in [0.15, 0.2) is 0 Å². The Morgan fingerprint density at radius 2 is 1.85 bits per heavy atom. The van der Waals surface area contributed by atoms with E-state index in [4.69, 9.17) is 0 Å². The first kappa shape index (κ1) is 22.0. The highest BCUT2D eigenvalue weighted by molar-refractivity contribution is 5.90. The summed E-state index contributed by atoms with van der Waals surface area (Å²) in [6, 6.07) is 0.700. The number of nitro benzene ring substituents is 1. The molecule has 0 aliphatic rings. The molecule has 0 heterocycles. The molecule has 1 aromatic carbocycles. The Morgan fingerprint density at radius 3 is 2.33 bits per heavy atom. The van der Waals surface area contributed by atoms with Crippen molar-refractivity contribution in [2.24, 2.45) is 5.92 Å². The minimum Gasteiger partial charge on any atom is -0.480 e. The number of carbonyl (C=O) groups is 3. The number of nitro groups is 1. The van der Waals surface area contributed by atoms with Gasteiger partial charge in [0.1, 0.15) is 12.1 Å². The maximum atomic E-state index is 13.4. The second kappa shape index (κ2) is 9.60. The minimum absolute atomic E-state index is 0.0654. The van der Waals surface area contributed by atoms with Gasteiger partial charge >= 0.3 is 11.7 Å². The predicted molar refractivity (Wildman–Crippen MR) is 93.4 cm³/mol. The monoisotopic (exact) mass is 383 g/mol. The van der Waals surface area contributed by atoms with Crippen molar-refractivity contribution in [2.45, 2.75) is 45.7 Å². The molecule has 148 valence electrons. The molecule has 2 atom stereocenters. The van der Waals surface area contributed by atoms with Crippen LogP contribution in [0.15, 0.2) is 18.2 Å². The van der Waals surface area contributed by atoms with Gasteiger partial charge in [-0.05, 0) is 24.0 Å². The van der Waals surface area contributed by atoms with Crippen LogP contribution in [0.4, 0.5) is 10.1 Å². The highest BCUT2D eigenvalue weighted by Gasteiger charge is 2.27. The van der Waals surface area contributed by atoms with Gasteiger partial charge in [0.05, 0.1) is 4.92 Å². The Hall–Kier alpha value is -3.04. The number of nitrogens with one attached hydrogen (secondary N) is 2. The molecule has 1 rings (SSSR count). The number of carbonyl (C=O) groups excluding carboxylic acids is 2. The van der Waals surface area contributed by atoms with Gasteiger partial charge in [-0.2, -0.15) is 4.39 Å². The molecule has 0 aliphatic carbocycles. The fourth-order valence-electron chi connectivity index (χ4n) is 2.48. The van der Waals surface area contributed by atoms with Crippen LogP contribution in [-0.2, 0) is 20.8 Å². The van der Waals surface area contributed by atoms with Gasteiger partial charge in [-0.1, -0.05) is 19.9 Å². The molecule has 0 fully saturated rings. The van der Waals surface area contributed by atoms with Crippen molar-refractivity contribution in [2.75, 3.05) is 0 Å². The highest BCUT2D eigenvalue weighted by Crippen LogP contribution is 2.19. The van der Waals surface area contributed by atoms with Crippen molar-refractivity contribution in [3.63, 3.8) is 0 Å². The van der Waals surface area contributed by atoms with E-state index in [-0.39, 0.29) is 17.9 Å². The summed E-state index contributed by atoms with van der Waals surface area (Å²) in [5.74, 6) is -3.45. The summed E-state index contributed by atoms with van der Waals surface area (Å²) in [6.45, 7) is 4.93. The lowest BCUT2D eigenvalue weighted by atomic mass is 10.0. The van der Waals surface area contributed by atoms with Gasteiger partial charge in [-0.25, -0.2) is 4.79 Å². The number of halogens is 1. The van der Waals surface area contributed by atoms with Crippen molar-refractivity contribution in [1.29, 1.82) is 0 Å². The molecular weight excluding hydrogens is 361 g/mol. The zero-order chi connectivity index (χ0) is 20.7. The molecule has 0 aromatic heterocycles. The lowest BCUT2D eigenvalue weighted by molar-refractivity contribution is -0.387. The summed E-state index contributed by atoms with van der Waals surface area (Å²) in [5.41, 5.74) is -0.602. The first-order valence-corrected chi connectivity index (χ1v) is 8.24. The number of aliphatic carboxylic acids is 1. The van der Waals surface area contributed by atoms with Gasteiger partial charge in [-0.15, -0.1) is 0 Å². The summed E-state index contributed by atoms with van der Waals surface area (Å²) in [5, 5.41) is 24.9. The summed E-state index contributed by atoms with van der Waals surface area (Å²) in [6.07, 6.45) is 0.0242. The van der Waals surface area contributed by atoms with E-state index in [0.717, 1.165) is 12.1 Å². The molecule has 0 bridgehead atoms. The quantitative estimate of drug-likeness (QED) is 0.435. The Labute approximate surface area is 155 Å². The Bertz CT molecular complexity index is 737. The Kier molecular flexibility index (Phi) is 7.82. The van der Waals surface area contributed by atoms with Crippen molar-refractivity contribution >= 4 is 23.5 Å². The standard InChI is InChI=1S/C17H22FN3O6/c1-9(2)6-13(19-10(3)22)16(23)20-14(17(24)25)7-11-4-5-12(18)15(8-11)21(26)27/h4-5,8-9,13-14H,6-7H2,1-3H3,(H,19,22)(H,20,23)(H,24,25)/t13-,14+/m0/s1. The average molecular weight is 383 g/mol. The number of nitrogens with zero attached hydrogens (tertiary/aromatic N) is 1. The van der Waals surface area contributed by atoms with E-state index in [1.54, 1.807) is 0 Å². The van der Waals surface area contributed by atoms with E-state index >= 15 is 0 Å². The Morgan fingerprint density at radius 1 is 1.22 bits per heavy atom. The molecule has 1 aromatic rings. The molecule has 0 saturated carbocycles. The third kappa shape index (κ3) is 7.00. The molecule has 3 N–H and O–H groups in total. The van der Waals surface area contributed by atoms with Gasteiger partial charge in [0, 0.05) is 19.4 Å². The van der Waals surface area contributed by atoms with Crippen LogP contribution in [-0.4, -0.2) is 39.9 Å². The van der Waals surface area contributed by atoms with Gasteiger partial charge in [0.2, 0.25) is 17.6 Å². The smallest absolute Gasteiger partial charge is 0.326 e. The van der Waals surface area contributed by atoms with Crippen LogP contribution in [0.2, 0.25) is 0 Å². The summed E-state index contributed by atoms with van der Waals surface area (Å²) in [7, 11) is 0. The second-order valence-electron chi connectivity index (χ2n) is 6.53. The van der Waals surface area contributed by atoms with Crippen molar-refractivity contribution in [3.05, 3.63) is 39.7 Å². The van der Waals surface area contributed by atoms with E-state index in [1.807, 2.05) is 13.8 Å². The van der Waals surface area contributed by atoms with Gasteiger partial charge in [-0.3, -0.25) is 19.7 Å². The first-order chi connectivity index (χ1) is 12.5. The zero-order valence-corrected chi connectivity index (χ0v) is 15.2. The second-order valence-corrected chi connectivity index (χ2v) is 6.53. The van der Waals surface area contributed by atoms with Crippen LogP contribution in [0, 0.1) is 21.8 Å². The van der Waals surface area contributed by atoms with E-state index in [1.165, 1.54) is 13.0 Å². The number of hydrogen-bond donors (Lipinski definition) is 3. The molecule has 27 heavy (non-hydrogen) atoms. The van der Waals surface area contributed by atoms with Crippen molar-refractivity contribution in [1.82, 2.24) is 10.6 Å². The lowest BCUT2D eigenvalue weighted by Gasteiger charge is -2.22. The van der Waals surface area contributed by atoms with E-state index in [9.17, 15) is 34.0 Å². The average Bonchev–Trinajstić information content (AvgIpc) is 2.53. The number of amides is 2. The van der Waals surface area contributed by atoms with Gasteiger partial charge in [0.25, 0.3) is 0 Å². The molecule has 0 radical (unpaired) electrons. The fourth-order valence-corrected chi connectivity index (χ4v) is 2.48. The summed E-state index contributed by atoms with van der Waals surface area (Å²) in [4.78, 5) is 45.0. The molecule has 9 nitrogen and oxygen atoms in total.